The molecule has 5 aliphatic rings. The van der Waals surface area contributed by atoms with Gasteiger partial charge in [-0.1, -0.05) is 58.8 Å². The number of hydrogen-bond donors (Lipinski definition) is 6. The molecule has 0 unspecified atom stereocenters. The summed E-state index contributed by atoms with van der Waals surface area (Å²) < 4.78 is 95.1. The van der Waals surface area contributed by atoms with Crippen LogP contribution in [-0.4, -0.2) is 129 Å². The number of aliphatic hydroxyl groups is 2. The number of carbonyl (C=O) groups excluding carboxylic acids is 3. The Morgan fingerprint density at radius 1 is 0.952 bits per heavy atom. The zero-order chi connectivity index (χ0) is 53.2. The number of aliphatic hydroxyl groups excluding tert-OH is 2. The fraction of sp³-hybridized carbons (Fsp3) is 0.574. The van der Waals surface area contributed by atoms with Gasteiger partial charge in [-0.25, -0.2) is 0 Å². The number of carbonyl (C=O) groups is 3. The lowest BCUT2D eigenvalue weighted by Gasteiger charge is -2.38. The van der Waals surface area contributed by atoms with Crippen LogP contribution in [0.2, 0.25) is 0 Å². The molecule has 6 N–H and O–H groups in total. The van der Waals surface area contributed by atoms with E-state index < -0.39 is 148 Å². The number of phenolic OH excluding ortho intramolecular Hbond substituents is 3. The third kappa shape index (κ3) is 9.40. The number of phenols is 3. The molecule has 0 spiro atoms. The molecule has 344 valence electrons. The summed E-state index contributed by atoms with van der Waals surface area (Å²) >= 11 is 0. The number of anilines is 1. The van der Waals surface area contributed by atoms with Crippen LogP contribution in [0.5, 0.6) is 23.0 Å². The van der Waals surface area contributed by atoms with Crippen LogP contribution < -0.4 is 10.1 Å². The van der Waals surface area contributed by atoms with Crippen molar-refractivity contribution in [3.63, 3.8) is 0 Å². The summed E-state index contributed by atoms with van der Waals surface area (Å²) in [5.74, 6) is -10.8. The third-order valence-electron chi connectivity index (χ3n) is 12.6. The van der Waals surface area contributed by atoms with Gasteiger partial charge in [-0.05, 0) is 32.8 Å². The number of methoxy groups -OCH3 is 1. The van der Waals surface area contributed by atoms with Crippen molar-refractivity contribution >= 4 is 40.3 Å². The number of fused-ring (bicyclic) bond motifs is 14. The molecule has 0 aromatic heterocycles. The maximum absolute atomic E-state index is 14.7. The SMILES string of the molecule is [2H]C1([2H])N(N=Cc2c3c(O)c4c(O)c(C)c5c(c4c2O)C(=O)[C@@](C)(OC=C[C@H](OC)[C@@H](C)[C@@H](OC(C)=O)[C@H](C)[C@H](O)[C@H](C)[C@@H](O)[C@@H](C)C=CC=C(C)C(=O)N3)O5)C([2H])([2H])C([2H])([2H])N(C2CCCC2)C1([2H])[2H]. The lowest BCUT2D eigenvalue weighted by Crippen LogP contribution is -2.47. The second-order valence-corrected chi connectivity index (χ2v) is 16.9. The van der Waals surface area contributed by atoms with Crippen LogP contribution in [0.3, 0.4) is 0 Å². The number of rotatable bonds is 5. The minimum absolute atomic E-state index is 0.0529. The van der Waals surface area contributed by atoms with Gasteiger partial charge in [0.05, 0.1) is 58.5 Å². The fourth-order valence-electron chi connectivity index (χ4n) is 8.65. The number of amides is 1. The molecular formula is C47H64N4O12. The monoisotopic (exact) mass is 885 g/mol. The molecule has 2 aromatic rings. The van der Waals surface area contributed by atoms with Crippen LogP contribution in [0.25, 0.3) is 10.8 Å². The Labute approximate surface area is 380 Å². The van der Waals surface area contributed by atoms with Crippen LogP contribution in [0, 0.1) is 30.6 Å². The standard InChI is InChI=1S/C47H64N4O12/c1-24-13-12-14-25(2)46(59)49-37-32(23-48-51-20-18-50(19-21-51)31-15-10-11-16-31)41(56)34-35(42(37)57)40(55)29(6)44-36(34)45(58)47(8,63-44)61-22-17-33(60-9)26(3)43(62-30(7)52)28(5)39(54)27(4)38(24)53/h12-14,17,22-24,26-28,31,33,38-39,43,53-57H,10-11,15-16,18-21H2,1-9H3,(H,49,59)/t24-,26+,27+,28+,33-,38-,39+,43+,47-/m0/s1/i18D2,19D2,20D2,21D2. The van der Waals surface area contributed by atoms with Gasteiger partial charge >= 0.3 is 11.8 Å². The predicted molar refractivity (Wildman–Crippen MR) is 237 cm³/mol. The van der Waals surface area contributed by atoms with Gasteiger partial charge in [0.2, 0.25) is 0 Å². The molecule has 4 heterocycles. The quantitative estimate of drug-likeness (QED) is 0.0926. The molecule has 1 saturated heterocycles. The molecule has 4 aliphatic heterocycles. The molecule has 0 radical (unpaired) electrons. The van der Waals surface area contributed by atoms with Gasteiger partial charge < -0.3 is 49.8 Å². The van der Waals surface area contributed by atoms with E-state index in [1.54, 1.807) is 33.8 Å². The molecule has 7 rings (SSSR count). The van der Waals surface area contributed by atoms with Gasteiger partial charge in [0.1, 0.15) is 23.4 Å². The first-order chi connectivity index (χ1) is 32.8. The Balaban J connectivity index is 1.58. The Morgan fingerprint density at radius 2 is 1.62 bits per heavy atom. The number of benzene rings is 2. The average Bonchev–Trinajstić information content (AvgIpc) is 3.91. The number of ether oxygens (including phenoxy) is 4. The summed E-state index contributed by atoms with van der Waals surface area (Å²) in [6, 6.07) is -0.863. The normalized spacial score (nSPS) is 35.6. The van der Waals surface area contributed by atoms with E-state index in [9.17, 15) is 39.9 Å². The Kier molecular flexibility index (Phi) is 11.4. The number of esters is 1. The van der Waals surface area contributed by atoms with Crippen molar-refractivity contribution in [2.24, 2.45) is 28.8 Å². The maximum Gasteiger partial charge on any atom is 0.312 e. The van der Waals surface area contributed by atoms with Crippen molar-refractivity contribution in [2.75, 3.05) is 38.4 Å². The summed E-state index contributed by atoms with van der Waals surface area (Å²) in [5.41, 5.74) is -2.07. The zero-order valence-corrected chi connectivity index (χ0v) is 36.9. The fourth-order valence-corrected chi connectivity index (χ4v) is 8.65. The van der Waals surface area contributed by atoms with E-state index in [-0.39, 0.29) is 34.7 Å². The number of nitrogens with one attached hydrogen (secondary N) is 1. The summed E-state index contributed by atoms with van der Waals surface area (Å²) in [5, 5.41) is 64.4. The largest absolute Gasteiger partial charge is 0.507 e. The highest BCUT2D eigenvalue weighted by Crippen LogP contribution is 2.55. The molecular weight excluding hydrogens is 813 g/mol. The van der Waals surface area contributed by atoms with Gasteiger partial charge in [0, 0.05) is 98.7 Å². The van der Waals surface area contributed by atoms with Crippen molar-refractivity contribution in [2.45, 2.75) is 117 Å². The van der Waals surface area contributed by atoms with Gasteiger partial charge in [0.25, 0.3) is 11.7 Å². The Bertz CT molecular complexity index is 2540. The number of Topliss-reactive ketones (excluding diaryl/α,β-unsaturated/α-hetero) is 1. The number of aromatic hydroxyl groups is 3. The van der Waals surface area contributed by atoms with Crippen LogP contribution in [-0.2, 0) is 23.8 Å². The summed E-state index contributed by atoms with van der Waals surface area (Å²) in [4.78, 5) is 41.7. The highest BCUT2D eigenvalue weighted by atomic mass is 16.7. The van der Waals surface area contributed by atoms with E-state index in [0.29, 0.717) is 24.0 Å². The van der Waals surface area contributed by atoms with Gasteiger partial charge in [-0.15, -0.1) is 0 Å². The number of hydrogen-bond acceptors (Lipinski definition) is 15. The molecule has 16 nitrogen and oxygen atoms in total. The molecule has 5 bridgehead atoms. The van der Waals surface area contributed by atoms with Gasteiger partial charge in [-0.3, -0.25) is 24.3 Å². The molecule has 2 aromatic carbocycles. The summed E-state index contributed by atoms with van der Waals surface area (Å²) in [6.45, 7) is -1.56. The zero-order valence-electron chi connectivity index (χ0n) is 44.9. The minimum atomic E-state index is -3.43. The van der Waals surface area contributed by atoms with Crippen LogP contribution in [0.1, 0.15) is 107 Å². The third-order valence-corrected chi connectivity index (χ3v) is 12.6. The Hall–Kier alpha value is -5.16. The number of hydrazone groups is 1. The van der Waals surface area contributed by atoms with Crippen LogP contribution >= 0.6 is 0 Å². The van der Waals surface area contributed by atoms with Gasteiger partial charge in [0.15, 0.2) is 5.75 Å². The number of nitrogens with zero attached hydrogens (tertiary/aromatic N) is 3. The van der Waals surface area contributed by atoms with E-state index in [1.807, 2.05) is 0 Å². The van der Waals surface area contributed by atoms with E-state index in [0.717, 1.165) is 6.26 Å². The van der Waals surface area contributed by atoms with Crippen molar-refractivity contribution < 1.29 is 69.8 Å². The van der Waals surface area contributed by atoms with Gasteiger partial charge in [-0.2, -0.15) is 5.10 Å². The van der Waals surface area contributed by atoms with Crippen molar-refractivity contribution in [3.05, 3.63) is 52.8 Å². The molecule has 1 saturated carbocycles. The minimum Gasteiger partial charge on any atom is -0.507 e. The first-order valence-corrected chi connectivity index (χ1v) is 21.0. The number of allylic oxidation sites excluding steroid dienone is 2. The van der Waals surface area contributed by atoms with Crippen molar-refractivity contribution in [1.82, 2.24) is 9.91 Å². The first-order valence-electron chi connectivity index (χ1n) is 25.0. The van der Waals surface area contributed by atoms with Crippen molar-refractivity contribution in [1.29, 1.82) is 0 Å². The highest BCUT2D eigenvalue weighted by molar-refractivity contribution is 6.23. The van der Waals surface area contributed by atoms with Crippen molar-refractivity contribution in [3.8, 4) is 23.0 Å². The first kappa shape index (κ1) is 37.2. The molecule has 16 heteroatoms. The highest BCUT2D eigenvalue weighted by Gasteiger charge is 2.50. The lowest BCUT2D eigenvalue weighted by atomic mass is 9.78. The predicted octanol–water partition coefficient (Wildman–Crippen LogP) is 5.65. The van der Waals surface area contributed by atoms with Crippen LogP contribution in [0.15, 0.2) is 41.2 Å². The molecule has 1 aliphatic carbocycles. The number of ketones is 1. The maximum atomic E-state index is 14.7. The summed E-state index contributed by atoms with van der Waals surface area (Å²) in [6.07, 6.45) is 4.81. The molecule has 1 amide bonds. The van der Waals surface area contributed by atoms with E-state index in [2.05, 4.69) is 10.4 Å². The second kappa shape index (κ2) is 19.3. The van der Waals surface area contributed by atoms with E-state index in [4.69, 9.17) is 29.9 Å². The summed E-state index contributed by atoms with van der Waals surface area (Å²) in [7, 11) is 1.37. The molecule has 9 atom stereocenters. The smallest absolute Gasteiger partial charge is 0.312 e. The molecule has 63 heavy (non-hydrogen) atoms. The Morgan fingerprint density at radius 3 is 2.25 bits per heavy atom. The topological polar surface area (TPSA) is 220 Å². The van der Waals surface area contributed by atoms with E-state index >= 15 is 0 Å². The van der Waals surface area contributed by atoms with E-state index in [1.165, 1.54) is 53.0 Å². The van der Waals surface area contributed by atoms with Crippen LogP contribution in [0.4, 0.5) is 5.69 Å². The lowest BCUT2D eigenvalue weighted by molar-refractivity contribution is -0.160. The average molecular weight is 885 g/mol. The second-order valence-electron chi connectivity index (χ2n) is 16.9. The number of piperazine rings is 1. The molecule has 2 fully saturated rings.